The van der Waals surface area contributed by atoms with Crippen LogP contribution >= 0.6 is 11.6 Å². The molecule has 0 amide bonds. The van der Waals surface area contributed by atoms with E-state index in [9.17, 15) is 18.0 Å². The zero-order valence-corrected chi connectivity index (χ0v) is 18.9. The molecule has 0 spiro atoms. The number of hydrogen-bond donors (Lipinski definition) is 0. The number of benzene rings is 2. The van der Waals surface area contributed by atoms with Crippen molar-refractivity contribution < 1.29 is 22.5 Å². The van der Waals surface area contributed by atoms with Crippen LogP contribution in [0.3, 0.4) is 0 Å². The highest BCUT2D eigenvalue weighted by atomic mass is 35.5. The lowest BCUT2D eigenvalue weighted by atomic mass is 10.0. The Hall–Kier alpha value is -3.98. The number of pyridine rings is 1. The number of halogens is 4. The fraction of sp³-hybridized carbons (Fsp3) is 0.120. The van der Waals surface area contributed by atoms with Gasteiger partial charge in [-0.1, -0.05) is 40.5 Å². The molecular weight excluding hydrogens is 481 g/mol. The maximum absolute atomic E-state index is 14.5. The Labute approximate surface area is 202 Å². The summed E-state index contributed by atoms with van der Waals surface area (Å²) in [5.74, 6) is -1.47. The number of ketones is 1. The van der Waals surface area contributed by atoms with Crippen LogP contribution in [0.15, 0.2) is 71.5 Å². The molecule has 35 heavy (non-hydrogen) atoms. The molecule has 10 heteroatoms. The number of fused-ring (bicyclic) bond motifs is 1. The van der Waals surface area contributed by atoms with Gasteiger partial charge in [0.1, 0.15) is 5.69 Å². The summed E-state index contributed by atoms with van der Waals surface area (Å²) in [6.07, 6.45) is -1.84. The molecule has 0 N–H and O–H groups in total. The normalized spacial score (nSPS) is 11.8. The first kappa shape index (κ1) is 22.8. The van der Waals surface area contributed by atoms with E-state index in [0.717, 1.165) is 4.57 Å². The van der Waals surface area contributed by atoms with Crippen molar-refractivity contribution in [3.8, 4) is 11.5 Å². The summed E-state index contributed by atoms with van der Waals surface area (Å²) in [6, 6.07) is 14.6. The van der Waals surface area contributed by atoms with E-state index < -0.39 is 29.0 Å². The van der Waals surface area contributed by atoms with Gasteiger partial charge in [0.25, 0.3) is 5.89 Å². The van der Waals surface area contributed by atoms with E-state index in [0.29, 0.717) is 21.7 Å². The maximum atomic E-state index is 14.5. The molecule has 3 aromatic heterocycles. The summed E-state index contributed by atoms with van der Waals surface area (Å²) in [6.45, 7) is 1.62. The second-order valence-corrected chi connectivity index (χ2v) is 8.38. The van der Waals surface area contributed by atoms with E-state index in [2.05, 4.69) is 15.1 Å². The number of carbonyl (C=O) groups excluding carboxylic acids is 1. The largest absolute Gasteiger partial charge is 0.432 e. The van der Waals surface area contributed by atoms with Crippen LogP contribution < -0.4 is 0 Å². The molecule has 0 radical (unpaired) electrons. The average molecular weight is 497 g/mol. The van der Waals surface area contributed by atoms with Crippen molar-refractivity contribution in [3.05, 3.63) is 100 Å². The SMILES string of the molecule is Cc1ccc2c(c1)c(C(=O)c1noc(-c3cccnc3)n1)c(C(F)(F)F)n2Cc1ccc(Cl)cc1. The summed E-state index contributed by atoms with van der Waals surface area (Å²) < 4.78 is 49.7. The zero-order chi connectivity index (χ0) is 24.7. The Morgan fingerprint density at radius 3 is 2.57 bits per heavy atom. The number of hydrogen-bond acceptors (Lipinski definition) is 5. The van der Waals surface area contributed by atoms with Crippen LogP contribution in [0.1, 0.15) is 33.0 Å². The third-order valence-corrected chi connectivity index (χ3v) is 5.76. The van der Waals surface area contributed by atoms with Crippen LogP contribution in [-0.4, -0.2) is 25.5 Å². The minimum Gasteiger partial charge on any atom is -0.333 e. The highest BCUT2D eigenvalue weighted by Crippen LogP contribution is 2.40. The molecular formula is C25H16ClF3N4O2. The quantitative estimate of drug-likeness (QED) is 0.265. The second kappa shape index (κ2) is 8.66. The Morgan fingerprint density at radius 2 is 1.89 bits per heavy atom. The minimum atomic E-state index is -4.83. The summed E-state index contributed by atoms with van der Waals surface area (Å²) in [5.41, 5.74) is 0.394. The van der Waals surface area contributed by atoms with Gasteiger partial charge in [-0.05, 0) is 48.9 Å². The molecule has 0 saturated carbocycles. The molecule has 0 aliphatic rings. The first-order valence-corrected chi connectivity index (χ1v) is 10.8. The second-order valence-electron chi connectivity index (χ2n) is 7.95. The number of carbonyl (C=O) groups is 1. The van der Waals surface area contributed by atoms with Crippen molar-refractivity contribution in [2.45, 2.75) is 19.6 Å². The Bertz CT molecular complexity index is 1540. The Kier molecular flexibility index (Phi) is 5.64. The molecule has 0 saturated heterocycles. The third kappa shape index (κ3) is 4.30. The van der Waals surface area contributed by atoms with E-state index in [1.807, 2.05) is 0 Å². The summed E-state index contributed by atoms with van der Waals surface area (Å²) in [7, 11) is 0. The summed E-state index contributed by atoms with van der Waals surface area (Å²) >= 11 is 5.93. The number of aryl methyl sites for hydroxylation is 1. The van der Waals surface area contributed by atoms with Gasteiger partial charge < -0.3 is 9.09 Å². The first-order valence-electron chi connectivity index (χ1n) is 10.5. The van der Waals surface area contributed by atoms with Crippen molar-refractivity contribution in [3.63, 3.8) is 0 Å². The number of rotatable bonds is 5. The van der Waals surface area contributed by atoms with Crippen LogP contribution in [-0.2, 0) is 12.7 Å². The number of aromatic nitrogens is 4. The van der Waals surface area contributed by atoms with Gasteiger partial charge in [-0.2, -0.15) is 18.2 Å². The van der Waals surface area contributed by atoms with Gasteiger partial charge >= 0.3 is 6.18 Å². The van der Waals surface area contributed by atoms with Crippen molar-refractivity contribution >= 4 is 28.3 Å². The topological polar surface area (TPSA) is 73.8 Å². The lowest BCUT2D eigenvalue weighted by molar-refractivity contribution is -0.143. The van der Waals surface area contributed by atoms with Gasteiger partial charge in [-0.3, -0.25) is 9.78 Å². The lowest BCUT2D eigenvalue weighted by Crippen LogP contribution is -2.19. The van der Waals surface area contributed by atoms with E-state index in [1.54, 1.807) is 67.7 Å². The number of alkyl halides is 3. The molecule has 6 nitrogen and oxygen atoms in total. The molecule has 2 aromatic carbocycles. The molecule has 176 valence electrons. The minimum absolute atomic E-state index is 0.0175. The first-order chi connectivity index (χ1) is 16.7. The molecule has 0 bridgehead atoms. The average Bonchev–Trinajstić information content (AvgIpc) is 3.44. The van der Waals surface area contributed by atoms with Gasteiger partial charge in [0.05, 0.1) is 11.1 Å². The van der Waals surface area contributed by atoms with Gasteiger partial charge in [0, 0.05) is 34.9 Å². The summed E-state index contributed by atoms with van der Waals surface area (Å²) in [5, 5.41) is 4.29. The van der Waals surface area contributed by atoms with Crippen molar-refractivity contribution in [1.82, 2.24) is 19.7 Å². The fourth-order valence-electron chi connectivity index (χ4n) is 3.96. The van der Waals surface area contributed by atoms with Gasteiger partial charge in [-0.25, -0.2) is 0 Å². The monoisotopic (exact) mass is 496 g/mol. The van der Waals surface area contributed by atoms with Crippen LogP contribution in [0.25, 0.3) is 22.4 Å². The predicted octanol–water partition coefficient (Wildman–Crippen LogP) is 6.35. The Balaban J connectivity index is 1.70. The van der Waals surface area contributed by atoms with Crippen molar-refractivity contribution in [2.24, 2.45) is 0 Å². The molecule has 0 unspecified atom stereocenters. The maximum Gasteiger partial charge on any atom is 0.432 e. The van der Waals surface area contributed by atoms with Crippen LogP contribution in [0.2, 0.25) is 5.02 Å². The molecule has 3 heterocycles. The van der Waals surface area contributed by atoms with E-state index in [-0.39, 0.29) is 23.3 Å². The summed E-state index contributed by atoms with van der Waals surface area (Å²) in [4.78, 5) is 21.5. The molecule has 0 atom stereocenters. The van der Waals surface area contributed by atoms with Crippen LogP contribution in [0.5, 0.6) is 0 Å². The Morgan fingerprint density at radius 1 is 1.11 bits per heavy atom. The number of nitrogens with zero attached hydrogens (tertiary/aromatic N) is 4. The van der Waals surface area contributed by atoms with Crippen molar-refractivity contribution in [2.75, 3.05) is 0 Å². The molecule has 0 aliphatic heterocycles. The van der Waals surface area contributed by atoms with E-state index in [4.69, 9.17) is 16.1 Å². The molecule has 5 aromatic rings. The van der Waals surface area contributed by atoms with Crippen LogP contribution in [0, 0.1) is 6.92 Å². The molecule has 0 fully saturated rings. The standard InChI is InChI=1S/C25H16ClF3N4O2/c1-14-4-9-19-18(11-14)20(21(34)23-31-24(35-32-23)16-3-2-10-30-12-16)22(25(27,28)29)33(19)13-15-5-7-17(26)8-6-15/h2-12H,13H2,1H3. The zero-order valence-electron chi connectivity index (χ0n) is 18.2. The smallest absolute Gasteiger partial charge is 0.333 e. The molecule has 0 aliphatic carbocycles. The van der Waals surface area contributed by atoms with Gasteiger partial charge in [-0.15, -0.1) is 0 Å². The van der Waals surface area contributed by atoms with Crippen molar-refractivity contribution in [1.29, 1.82) is 0 Å². The van der Waals surface area contributed by atoms with Gasteiger partial charge in [0.15, 0.2) is 0 Å². The third-order valence-electron chi connectivity index (χ3n) is 5.51. The van der Waals surface area contributed by atoms with Gasteiger partial charge in [0.2, 0.25) is 11.6 Å². The van der Waals surface area contributed by atoms with E-state index >= 15 is 0 Å². The predicted molar refractivity (Wildman–Crippen MR) is 123 cm³/mol. The van der Waals surface area contributed by atoms with Crippen LogP contribution in [0.4, 0.5) is 13.2 Å². The highest BCUT2D eigenvalue weighted by Gasteiger charge is 2.42. The lowest BCUT2D eigenvalue weighted by Gasteiger charge is -2.14. The fourth-order valence-corrected chi connectivity index (χ4v) is 4.09. The molecule has 5 rings (SSSR count). The van der Waals surface area contributed by atoms with E-state index in [1.165, 1.54) is 6.20 Å². The highest BCUT2D eigenvalue weighted by molar-refractivity contribution is 6.30.